The van der Waals surface area contributed by atoms with Gasteiger partial charge in [0.25, 0.3) is 0 Å². The van der Waals surface area contributed by atoms with Crippen LogP contribution in [0.4, 0.5) is 11.9 Å². The fourth-order valence-corrected chi connectivity index (χ4v) is 4.31. The molecule has 5 rings (SSSR count). The molecule has 2 aliphatic rings. The highest BCUT2D eigenvalue weighted by molar-refractivity contribution is 5.85. The summed E-state index contributed by atoms with van der Waals surface area (Å²) in [6.45, 7) is 2.86. The van der Waals surface area contributed by atoms with E-state index in [9.17, 15) is 0 Å². The molecule has 2 aromatic heterocycles. The van der Waals surface area contributed by atoms with Crippen molar-refractivity contribution < 1.29 is 0 Å². The summed E-state index contributed by atoms with van der Waals surface area (Å²) in [5, 5.41) is 12.1. The molecule has 5 N–H and O–H groups in total. The van der Waals surface area contributed by atoms with Gasteiger partial charge in [-0.15, -0.1) is 5.10 Å². The zero-order chi connectivity index (χ0) is 16.1. The van der Waals surface area contributed by atoms with Gasteiger partial charge in [-0.25, -0.2) is 5.10 Å². The van der Waals surface area contributed by atoms with Gasteiger partial charge in [0.2, 0.25) is 11.9 Å². The Labute approximate surface area is 139 Å². The van der Waals surface area contributed by atoms with Crippen LogP contribution in [0.3, 0.4) is 0 Å². The monoisotopic (exact) mass is 323 g/mol. The summed E-state index contributed by atoms with van der Waals surface area (Å²) in [5.74, 6) is 1.08. The van der Waals surface area contributed by atoms with E-state index in [1.165, 1.54) is 22.2 Å². The Morgan fingerprint density at radius 1 is 1.17 bits per heavy atom. The van der Waals surface area contributed by atoms with Crippen LogP contribution in [-0.2, 0) is 12.0 Å². The number of hydrogen-bond donors (Lipinski definition) is 4. The van der Waals surface area contributed by atoms with E-state index >= 15 is 0 Å². The minimum absolute atomic E-state index is 0.0327. The van der Waals surface area contributed by atoms with Crippen LogP contribution in [0.1, 0.15) is 24.1 Å². The van der Waals surface area contributed by atoms with Gasteiger partial charge in [-0.3, -0.25) is 0 Å². The lowest BCUT2D eigenvalue weighted by molar-refractivity contribution is 0.244. The third-order valence-electron chi connectivity index (χ3n) is 5.52. The molecule has 3 aromatic rings. The largest absolute Gasteiger partial charge is 0.368 e. The Kier molecular flexibility index (Phi) is 2.87. The highest BCUT2D eigenvalue weighted by Gasteiger charge is 2.41. The van der Waals surface area contributed by atoms with E-state index < -0.39 is 0 Å². The molecule has 0 amide bonds. The summed E-state index contributed by atoms with van der Waals surface area (Å²) in [4.78, 5) is 10.2. The van der Waals surface area contributed by atoms with Crippen LogP contribution in [0, 0.1) is 0 Å². The lowest BCUT2D eigenvalue weighted by Gasteiger charge is -2.44. The standard InChI is InChI=1S/C17H21N7/c18-15-21-16(23-22-15)24-9-6-17(7-10-24)14-12(5-8-19-17)11-3-1-2-4-13(11)20-14/h1-4,19-20H,5-10H2,(H3,18,21,22,23). The van der Waals surface area contributed by atoms with Crippen molar-refractivity contribution >= 4 is 22.8 Å². The number of nitrogen functional groups attached to an aromatic ring is 1. The highest BCUT2D eigenvalue weighted by Crippen LogP contribution is 2.40. The molecule has 7 nitrogen and oxygen atoms in total. The van der Waals surface area contributed by atoms with E-state index in [0.717, 1.165) is 38.9 Å². The average molecular weight is 323 g/mol. The second-order valence-electron chi connectivity index (χ2n) is 6.79. The number of para-hydroxylation sites is 1. The summed E-state index contributed by atoms with van der Waals surface area (Å²) in [7, 11) is 0. The highest BCUT2D eigenvalue weighted by atomic mass is 15.4. The van der Waals surface area contributed by atoms with Gasteiger partial charge in [0, 0.05) is 36.2 Å². The summed E-state index contributed by atoms with van der Waals surface area (Å²) in [6.07, 6.45) is 3.14. The second kappa shape index (κ2) is 4.98. The molecule has 0 aliphatic carbocycles. The number of aromatic amines is 2. The first-order valence-electron chi connectivity index (χ1n) is 8.53. The van der Waals surface area contributed by atoms with Crippen molar-refractivity contribution in [2.75, 3.05) is 30.3 Å². The molecule has 1 spiro atoms. The minimum atomic E-state index is 0.0327. The molecule has 0 bridgehead atoms. The number of benzene rings is 1. The van der Waals surface area contributed by atoms with Crippen LogP contribution in [0.2, 0.25) is 0 Å². The van der Waals surface area contributed by atoms with E-state index in [2.05, 4.69) is 54.6 Å². The smallest absolute Gasteiger partial charge is 0.246 e. The van der Waals surface area contributed by atoms with Gasteiger partial charge in [0.1, 0.15) is 0 Å². The van der Waals surface area contributed by atoms with Crippen molar-refractivity contribution in [3.63, 3.8) is 0 Å². The van der Waals surface area contributed by atoms with E-state index in [-0.39, 0.29) is 5.54 Å². The molecule has 124 valence electrons. The van der Waals surface area contributed by atoms with Crippen LogP contribution in [-0.4, -0.2) is 39.8 Å². The topological polar surface area (TPSA) is 98.7 Å². The van der Waals surface area contributed by atoms with Crippen LogP contribution >= 0.6 is 0 Å². The quantitative estimate of drug-likeness (QED) is 0.544. The molecule has 7 heteroatoms. The molecular weight excluding hydrogens is 302 g/mol. The van der Waals surface area contributed by atoms with Crippen molar-refractivity contribution in [3.05, 3.63) is 35.5 Å². The number of H-pyrrole nitrogens is 2. The maximum Gasteiger partial charge on any atom is 0.246 e. The fourth-order valence-electron chi connectivity index (χ4n) is 4.31. The minimum Gasteiger partial charge on any atom is -0.368 e. The number of nitrogens with two attached hydrogens (primary N) is 1. The summed E-state index contributed by atoms with van der Waals surface area (Å²) < 4.78 is 0. The summed E-state index contributed by atoms with van der Waals surface area (Å²) in [5.41, 5.74) is 9.80. The van der Waals surface area contributed by atoms with Crippen molar-refractivity contribution in [2.24, 2.45) is 0 Å². The third-order valence-corrected chi connectivity index (χ3v) is 5.52. The van der Waals surface area contributed by atoms with Crippen molar-refractivity contribution in [2.45, 2.75) is 24.8 Å². The number of hydrogen-bond acceptors (Lipinski definition) is 5. The van der Waals surface area contributed by atoms with Crippen LogP contribution < -0.4 is 16.0 Å². The zero-order valence-corrected chi connectivity index (χ0v) is 13.5. The van der Waals surface area contributed by atoms with Crippen LogP contribution in [0.15, 0.2) is 24.3 Å². The van der Waals surface area contributed by atoms with Crippen LogP contribution in [0.5, 0.6) is 0 Å². The Morgan fingerprint density at radius 2 is 2.00 bits per heavy atom. The SMILES string of the molecule is Nc1nc(N2CCC3(CC2)NCCc2c3[nH]c3ccccc23)n[nH]1. The van der Waals surface area contributed by atoms with Gasteiger partial charge in [0.15, 0.2) is 0 Å². The molecule has 1 fully saturated rings. The van der Waals surface area contributed by atoms with Crippen LogP contribution in [0.25, 0.3) is 10.9 Å². The molecule has 0 atom stereocenters. The number of aromatic nitrogens is 4. The lowest BCUT2D eigenvalue weighted by Crippen LogP contribution is -2.54. The molecular formula is C17H21N7. The fraction of sp³-hybridized carbons (Fsp3) is 0.412. The number of nitrogens with zero attached hydrogens (tertiary/aromatic N) is 3. The normalized spacial score (nSPS) is 19.8. The molecule has 1 aromatic carbocycles. The average Bonchev–Trinajstić information content (AvgIpc) is 3.21. The zero-order valence-electron chi connectivity index (χ0n) is 13.5. The predicted molar refractivity (Wildman–Crippen MR) is 93.9 cm³/mol. The van der Waals surface area contributed by atoms with E-state index in [0.29, 0.717) is 11.9 Å². The first-order valence-corrected chi connectivity index (χ1v) is 8.53. The van der Waals surface area contributed by atoms with Gasteiger partial charge in [-0.05, 0) is 30.9 Å². The third kappa shape index (κ3) is 1.94. The lowest BCUT2D eigenvalue weighted by atomic mass is 9.79. The molecule has 1 saturated heterocycles. The number of fused-ring (bicyclic) bond motifs is 4. The number of rotatable bonds is 1. The molecule has 2 aliphatic heterocycles. The summed E-state index contributed by atoms with van der Waals surface area (Å²) >= 11 is 0. The van der Waals surface area contributed by atoms with Crippen molar-refractivity contribution in [1.82, 2.24) is 25.5 Å². The maximum absolute atomic E-state index is 5.65. The number of piperidine rings is 1. The van der Waals surface area contributed by atoms with Gasteiger partial charge in [0.05, 0.1) is 5.54 Å². The molecule has 24 heavy (non-hydrogen) atoms. The Morgan fingerprint density at radius 3 is 2.79 bits per heavy atom. The van der Waals surface area contributed by atoms with Gasteiger partial charge < -0.3 is 20.9 Å². The Bertz CT molecular complexity index is 885. The Balaban J connectivity index is 1.48. The van der Waals surface area contributed by atoms with Crippen molar-refractivity contribution in [1.29, 1.82) is 0 Å². The molecule has 0 saturated carbocycles. The maximum atomic E-state index is 5.65. The van der Waals surface area contributed by atoms with E-state index in [1.807, 2.05) is 0 Å². The second-order valence-corrected chi connectivity index (χ2v) is 6.79. The first-order chi connectivity index (χ1) is 11.8. The molecule has 0 unspecified atom stereocenters. The van der Waals surface area contributed by atoms with Crippen molar-refractivity contribution in [3.8, 4) is 0 Å². The van der Waals surface area contributed by atoms with Gasteiger partial charge >= 0.3 is 0 Å². The number of anilines is 2. The van der Waals surface area contributed by atoms with Gasteiger partial charge in [-0.1, -0.05) is 18.2 Å². The predicted octanol–water partition coefficient (Wildman–Crippen LogP) is 1.51. The van der Waals surface area contributed by atoms with E-state index in [4.69, 9.17) is 5.73 Å². The number of nitrogens with one attached hydrogen (secondary N) is 3. The molecule has 0 radical (unpaired) electrons. The van der Waals surface area contributed by atoms with E-state index in [1.54, 1.807) is 0 Å². The summed E-state index contributed by atoms with van der Waals surface area (Å²) in [6, 6.07) is 8.63. The first kappa shape index (κ1) is 13.9. The van der Waals surface area contributed by atoms with Gasteiger partial charge in [-0.2, -0.15) is 4.98 Å². The Hall–Kier alpha value is -2.54. The molecule has 4 heterocycles.